The fraction of sp³-hybridized carbons (Fsp3) is 0.625. The molecule has 1 aromatic rings. The van der Waals surface area contributed by atoms with Crippen LogP contribution in [0.4, 0.5) is 0 Å². The maximum absolute atomic E-state index is 9.14. The molecule has 106 valence electrons. The predicted molar refractivity (Wildman–Crippen MR) is 76.0 cm³/mol. The summed E-state index contributed by atoms with van der Waals surface area (Å²) < 4.78 is 6.08. The van der Waals surface area contributed by atoms with Gasteiger partial charge in [-0.05, 0) is 32.0 Å². The van der Waals surface area contributed by atoms with Crippen molar-refractivity contribution >= 4 is 0 Å². The number of likely N-dealkylation sites (tertiary alicyclic amines) is 1. The highest BCUT2D eigenvalue weighted by molar-refractivity contribution is 5.32. The standard InChI is InChI=1S/C16H21N3O/c1-19-10-13-4-3-5-14(11-19)16(13,20-2)15-8-12(9-17)6-7-18-15/h6-8,13-14H,3-5,10-11H2,1-2H3/t13-,14+,16?. The summed E-state index contributed by atoms with van der Waals surface area (Å²) in [7, 11) is 3.99. The van der Waals surface area contributed by atoms with E-state index in [9.17, 15) is 0 Å². The lowest BCUT2D eigenvalue weighted by Gasteiger charge is -2.54. The van der Waals surface area contributed by atoms with Crippen LogP contribution in [0.15, 0.2) is 18.3 Å². The summed E-state index contributed by atoms with van der Waals surface area (Å²) in [6.45, 7) is 2.09. The first-order chi connectivity index (χ1) is 9.70. The second-order valence-corrected chi connectivity index (χ2v) is 6.08. The molecule has 2 bridgehead atoms. The lowest BCUT2D eigenvalue weighted by atomic mass is 9.63. The first kappa shape index (κ1) is 13.5. The molecule has 1 saturated carbocycles. The Kier molecular flexibility index (Phi) is 3.49. The number of pyridine rings is 1. The van der Waals surface area contributed by atoms with Crippen molar-refractivity contribution in [3.05, 3.63) is 29.6 Å². The van der Waals surface area contributed by atoms with Gasteiger partial charge in [-0.2, -0.15) is 5.26 Å². The minimum atomic E-state index is -0.308. The van der Waals surface area contributed by atoms with Gasteiger partial charge in [0.05, 0.1) is 17.3 Å². The fourth-order valence-corrected chi connectivity index (χ4v) is 4.22. The average Bonchev–Trinajstić information content (AvgIpc) is 2.46. The molecule has 1 aliphatic carbocycles. The third kappa shape index (κ3) is 1.93. The van der Waals surface area contributed by atoms with Crippen molar-refractivity contribution < 1.29 is 4.74 Å². The zero-order chi connectivity index (χ0) is 14.2. The summed E-state index contributed by atoms with van der Waals surface area (Å²) in [5, 5.41) is 9.14. The molecular formula is C16H21N3O. The van der Waals surface area contributed by atoms with E-state index in [1.54, 1.807) is 19.4 Å². The predicted octanol–water partition coefficient (Wildman–Crippen LogP) is 2.16. The van der Waals surface area contributed by atoms with Crippen LogP contribution in [0.5, 0.6) is 0 Å². The third-order valence-corrected chi connectivity index (χ3v) is 5.01. The van der Waals surface area contributed by atoms with Crippen LogP contribution in [0.1, 0.15) is 30.5 Å². The van der Waals surface area contributed by atoms with Gasteiger partial charge < -0.3 is 9.64 Å². The van der Waals surface area contributed by atoms with Crippen LogP contribution in [0.3, 0.4) is 0 Å². The van der Waals surface area contributed by atoms with Gasteiger partial charge in [0, 0.05) is 38.2 Å². The van der Waals surface area contributed by atoms with Crippen molar-refractivity contribution in [2.75, 3.05) is 27.2 Å². The second kappa shape index (κ2) is 5.16. The normalized spacial score (nSPS) is 33.6. The van der Waals surface area contributed by atoms with E-state index < -0.39 is 0 Å². The van der Waals surface area contributed by atoms with Gasteiger partial charge in [0.1, 0.15) is 5.60 Å². The van der Waals surface area contributed by atoms with E-state index in [1.807, 2.05) is 6.07 Å². The highest BCUT2D eigenvalue weighted by Crippen LogP contribution is 2.50. The molecule has 2 heterocycles. The molecule has 4 heteroatoms. The van der Waals surface area contributed by atoms with Crippen molar-refractivity contribution in [2.24, 2.45) is 11.8 Å². The Bertz CT molecular complexity index is 523. The van der Waals surface area contributed by atoms with Crippen molar-refractivity contribution in [1.29, 1.82) is 5.26 Å². The summed E-state index contributed by atoms with van der Waals surface area (Å²) in [6.07, 6.45) is 5.36. The molecule has 1 saturated heterocycles. The van der Waals surface area contributed by atoms with Crippen molar-refractivity contribution in [2.45, 2.75) is 24.9 Å². The molecule has 0 aromatic carbocycles. The van der Waals surface area contributed by atoms with Gasteiger partial charge >= 0.3 is 0 Å². The van der Waals surface area contributed by atoms with Crippen LogP contribution in [0, 0.1) is 23.2 Å². The van der Waals surface area contributed by atoms with Crippen molar-refractivity contribution in [1.82, 2.24) is 9.88 Å². The molecule has 1 unspecified atom stereocenters. The van der Waals surface area contributed by atoms with E-state index >= 15 is 0 Å². The minimum Gasteiger partial charge on any atom is -0.371 e. The molecule has 2 fully saturated rings. The van der Waals surface area contributed by atoms with Gasteiger partial charge in [-0.15, -0.1) is 0 Å². The molecular weight excluding hydrogens is 250 g/mol. The topological polar surface area (TPSA) is 49.1 Å². The fourth-order valence-electron chi connectivity index (χ4n) is 4.22. The number of fused-ring (bicyclic) bond motifs is 2. The van der Waals surface area contributed by atoms with E-state index in [0.717, 1.165) is 18.8 Å². The molecule has 0 spiro atoms. The highest BCUT2D eigenvalue weighted by Gasteiger charge is 2.53. The largest absolute Gasteiger partial charge is 0.371 e. The Morgan fingerprint density at radius 2 is 2.10 bits per heavy atom. The van der Waals surface area contributed by atoms with E-state index in [2.05, 4.69) is 23.0 Å². The van der Waals surface area contributed by atoms with Crippen molar-refractivity contribution in [3.63, 3.8) is 0 Å². The summed E-state index contributed by atoms with van der Waals surface area (Å²) in [5.74, 6) is 0.929. The van der Waals surface area contributed by atoms with E-state index in [4.69, 9.17) is 10.00 Å². The van der Waals surface area contributed by atoms with Crippen LogP contribution in [-0.4, -0.2) is 37.1 Å². The maximum Gasteiger partial charge on any atom is 0.118 e. The lowest BCUT2D eigenvalue weighted by Crippen LogP contribution is -2.58. The number of hydrogen-bond donors (Lipinski definition) is 0. The number of nitriles is 1. The van der Waals surface area contributed by atoms with Crippen LogP contribution < -0.4 is 0 Å². The zero-order valence-corrected chi connectivity index (χ0v) is 12.2. The van der Waals surface area contributed by atoms with Gasteiger partial charge in [0.2, 0.25) is 0 Å². The number of rotatable bonds is 2. The van der Waals surface area contributed by atoms with E-state index in [-0.39, 0.29) is 5.60 Å². The number of ether oxygens (including phenoxy) is 1. The Labute approximate surface area is 120 Å². The van der Waals surface area contributed by atoms with Gasteiger partial charge in [-0.1, -0.05) is 6.42 Å². The Hall–Kier alpha value is -1.44. The molecule has 3 rings (SSSR count). The first-order valence-corrected chi connectivity index (χ1v) is 7.31. The molecule has 1 aliphatic heterocycles. The van der Waals surface area contributed by atoms with Crippen LogP contribution in [0.2, 0.25) is 0 Å². The Balaban J connectivity index is 2.08. The average molecular weight is 271 g/mol. The monoisotopic (exact) mass is 271 g/mol. The SMILES string of the molecule is COC1(c2cc(C#N)ccn2)[C@@H]2CCC[C@H]1CN(C)C2. The van der Waals surface area contributed by atoms with E-state index in [0.29, 0.717) is 17.4 Å². The molecule has 0 N–H and O–H groups in total. The molecule has 0 amide bonds. The number of hydrogen-bond acceptors (Lipinski definition) is 4. The maximum atomic E-state index is 9.14. The minimum absolute atomic E-state index is 0.308. The van der Waals surface area contributed by atoms with Crippen LogP contribution >= 0.6 is 0 Å². The summed E-state index contributed by atoms with van der Waals surface area (Å²) in [6, 6.07) is 5.89. The molecule has 4 nitrogen and oxygen atoms in total. The second-order valence-electron chi connectivity index (χ2n) is 6.08. The zero-order valence-electron chi connectivity index (χ0n) is 12.2. The number of nitrogens with zero attached hydrogens (tertiary/aromatic N) is 3. The number of methoxy groups -OCH3 is 1. The molecule has 20 heavy (non-hydrogen) atoms. The molecule has 1 aromatic heterocycles. The third-order valence-electron chi connectivity index (χ3n) is 5.01. The summed E-state index contributed by atoms with van der Waals surface area (Å²) in [5.41, 5.74) is 1.31. The smallest absolute Gasteiger partial charge is 0.118 e. The Morgan fingerprint density at radius 1 is 1.40 bits per heavy atom. The molecule has 0 radical (unpaired) electrons. The van der Waals surface area contributed by atoms with Gasteiger partial charge in [0.15, 0.2) is 0 Å². The molecule has 2 aliphatic rings. The van der Waals surface area contributed by atoms with Crippen molar-refractivity contribution in [3.8, 4) is 6.07 Å². The lowest BCUT2D eigenvalue weighted by molar-refractivity contribution is -0.168. The Morgan fingerprint density at radius 3 is 2.70 bits per heavy atom. The molecule has 3 atom stereocenters. The van der Waals surface area contributed by atoms with Gasteiger partial charge in [-0.3, -0.25) is 4.98 Å². The highest BCUT2D eigenvalue weighted by atomic mass is 16.5. The van der Waals surface area contributed by atoms with Crippen LogP contribution in [-0.2, 0) is 10.3 Å². The van der Waals surface area contributed by atoms with Gasteiger partial charge in [0.25, 0.3) is 0 Å². The quantitative estimate of drug-likeness (QED) is 0.827. The van der Waals surface area contributed by atoms with Gasteiger partial charge in [-0.25, -0.2) is 0 Å². The summed E-state index contributed by atoms with van der Waals surface area (Å²) in [4.78, 5) is 6.97. The number of aromatic nitrogens is 1. The van der Waals surface area contributed by atoms with E-state index in [1.165, 1.54) is 19.3 Å². The summed E-state index contributed by atoms with van der Waals surface area (Å²) >= 11 is 0. The van der Waals surface area contributed by atoms with Crippen LogP contribution in [0.25, 0.3) is 0 Å². The number of piperidine rings is 1. The first-order valence-electron chi connectivity index (χ1n) is 7.31.